The van der Waals surface area contributed by atoms with Gasteiger partial charge >= 0.3 is 0 Å². The van der Waals surface area contributed by atoms with Gasteiger partial charge in [0, 0.05) is 43.5 Å². The number of fused-ring (bicyclic) bond motifs is 1. The van der Waals surface area contributed by atoms with Gasteiger partial charge in [-0.1, -0.05) is 12.1 Å². The van der Waals surface area contributed by atoms with Crippen molar-refractivity contribution in [3.8, 4) is 0 Å². The van der Waals surface area contributed by atoms with Crippen LogP contribution in [0.15, 0.2) is 36.4 Å². The van der Waals surface area contributed by atoms with Crippen molar-refractivity contribution >= 4 is 27.3 Å². The van der Waals surface area contributed by atoms with Crippen LogP contribution in [0.5, 0.6) is 0 Å². The zero-order chi connectivity index (χ0) is 21.6. The Hall–Kier alpha value is -2.54. The zero-order valence-corrected chi connectivity index (χ0v) is 18.9. The fourth-order valence-corrected chi connectivity index (χ4v) is 5.92. The van der Waals surface area contributed by atoms with Gasteiger partial charge in [-0.25, -0.2) is 8.42 Å². The van der Waals surface area contributed by atoms with Crippen LogP contribution in [0.25, 0.3) is 0 Å². The Bertz CT molecular complexity index is 1090. The van der Waals surface area contributed by atoms with Crippen molar-refractivity contribution in [3.63, 3.8) is 0 Å². The molecule has 2 aliphatic heterocycles. The highest BCUT2D eigenvalue weighted by Crippen LogP contribution is 2.35. The van der Waals surface area contributed by atoms with Crippen molar-refractivity contribution in [1.82, 2.24) is 4.90 Å². The van der Waals surface area contributed by atoms with Crippen LogP contribution >= 0.6 is 0 Å². The Morgan fingerprint density at radius 3 is 2.37 bits per heavy atom. The summed E-state index contributed by atoms with van der Waals surface area (Å²) in [7, 11) is -3.33. The number of amides is 1. The zero-order valence-electron chi connectivity index (χ0n) is 18.1. The minimum Gasteiger partial charge on any atom is -0.368 e. The van der Waals surface area contributed by atoms with Crippen molar-refractivity contribution in [3.05, 3.63) is 58.7 Å². The van der Waals surface area contributed by atoms with E-state index in [9.17, 15) is 13.2 Å². The Morgan fingerprint density at radius 2 is 1.70 bits per heavy atom. The van der Waals surface area contributed by atoms with E-state index in [0.29, 0.717) is 30.8 Å². The SMILES string of the molecule is Cc1cccc(N2CCN(C(=O)c3ccc4c(c3)C[C@H](C)N4S(C)(=O)=O)CC2)c1C. The van der Waals surface area contributed by atoms with Crippen molar-refractivity contribution < 1.29 is 13.2 Å². The topological polar surface area (TPSA) is 60.9 Å². The molecule has 0 spiro atoms. The number of rotatable bonds is 3. The average Bonchev–Trinajstić information content (AvgIpc) is 3.05. The molecule has 0 bridgehead atoms. The van der Waals surface area contributed by atoms with Gasteiger partial charge in [0.15, 0.2) is 0 Å². The van der Waals surface area contributed by atoms with E-state index in [1.165, 1.54) is 27.4 Å². The number of carbonyl (C=O) groups is 1. The Labute approximate surface area is 179 Å². The van der Waals surface area contributed by atoms with E-state index < -0.39 is 10.0 Å². The molecule has 6 nitrogen and oxygen atoms in total. The molecule has 1 amide bonds. The summed E-state index contributed by atoms with van der Waals surface area (Å²) in [6.07, 6.45) is 1.86. The fourth-order valence-electron chi connectivity index (χ4n) is 4.65. The Morgan fingerprint density at radius 1 is 1.00 bits per heavy atom. The average molecular weight is 428 g/mol. The lowest BCUT2D eigenvalue weighted by molar-refractivity contribution is 0.0746. The number of piperazine rings is 1. The number of anilines is 2. The second-order valence-electron chi connectivity index (χ2n) is 8.45. The first-order chi connectivity index (χ1) is 14.2. The van der Waals surface area contributed by atoms with E-state index >= 15 is 0 Å². The van der Waals surface area contributed by atoms with Gasteiger partial charge in [-0.15, -0.1) is 0 Å². The van der Waals surface area contributed by atoms with E-state index in [1.54, 1.807) is 12.1 Å². The van der Waals surface area contributed by atoms with E-state index in [4.69, 9.17) is 0 Å². The van der Waals surface area contributed by atoms with Crippen LogP contribution in [-0.4, -0.2) is 57.7 Å². The van der Waals surface area contributed by atoms with Gasteiger partial charge in [0.05, 0.1) is 11.9 Å². The maximum Gasteiger partial charge on any atom is 0.253 e. The maximum atomic E-state index is 13.1. The maximum absolute atomic E-state index is 13.1. The van der Waals surface area contributed by atoms with Crippen LogP contribution in [0.3, 0.4) is 0 Å². The number of nitrogens with zero attached hydrogens (tertiary/aromatic N) is 3. The van der Waals surface area contributed by atoms with E-state index in [0.717, 1.165) is 18.7 Å². The molecule has 2 aliphatic rings. The molecule has 30 heavy (non-hydrogen) atoms. The number of carbonyl (C=O) groups excluding carboxylic acids is 1. The van der Waals surface area contributed by atoms with Gasteiger partial charge in [0.1, 0.15) is 0 Å². The van der Waals surface area contributed by atoms with Crippen LogP contribution in [-0.2, 0) is 16.4 Å². The highest BCUT2D eigenvalue weighted by molar-refractivity contribution is 7.92. The molecule has 0 aliphatic carbocycles. The first-order valence-corrected chi connectivity index (χ1v) is 12.2. The third kappa shape index (κ3) is 3.67. The number of benzene rings is 2. The highest BCUT2D eigenvalue weighted by atomic mass is 32.2. The van der Waals surface area contributed by atoms with Gasteiger partial charge in [-0.05, 0) is 68.1 Å². The Kier molecular flexibility index (Phi) is 5.26. The minimum atomic E-state index is -3.33. The molecule has 2 heterocycles. The molecule has 4 rings (SSSR count). The molecule has 1 saturated heterocycles. The molecule has 160 valence electrons. The van der Waals surface area contributed by atoms with Gasteiger partial charge < -0.3 is 9.80 Å². The molecular weight excluding hydrogens is 398 g/mol. The smallest absolute Gasteiger partial charge is 0.253 e. The van der Waals surface area contributed by atoms with Crippen molar-refractivity contribution in [1.29, 1.82) is 0 Å². The molecule has 1 fully saturated rings. The van der Waals surface area contributed by atoms with Gasteiger partial charge in [0.25, 0.3) is 5.91 Å². The molecule has 0 unspecified atom stereocenters. The standard InChI is InChI=1S/C23H29N3O3S/c1-16-6-5-7-21(18(16)3)24-10-12-25(13-11-24)23(27)19-8-9-22-20(15-19)14-17(2)26(22)30(4,28)29/h5-9,15,17H,10-14H2,1-4H3/t17-/m0/s1. The number of hydrogen-bond acceptors (Lipinski definition) is 4. The summed E-state index contributed by atoms with van der Waals surface area (Å²) in [6, 6.07) is 11.6. The summed E-state index contributed by atoms with van der Waals surface area (Å²) in [5, 5.41) is 0. The first kappa shape index (κ1) is 20.7. The lowest BCUT2D eigenvalue weighted by Gasteiger charge is -2.37. The first-order valence-electron chi connectivity index (χ1n) is 10.4. The van der Waals surface area contributed by atoms with Crippen molar-refractivity contribution in [2.75, 3.05) is 41.6 Å². The van der Waals surface area contributed by atoms with E-state index in [-0.39, 0.29) is 11.9 Å². The van der Waals surface area contributed by atoms with Crippen LogP contribution in [0, 0.1) is 13.8 Å². The molecule has 0 saturated carbocycles. The summed E-state index contributed by atoms with van der Waals surface area (Å²) in [6.45, 7) is 9.13. The third-order valence-electron chi connectivity index (χ3n) is 6.32. The lowest BCUT2D eigenvalue weighted by Crippen LogP contribution is -2.49. The van der Waals surface area contributed by atoms with Gasteiger partial charge in [0.2, 0.25) is 10.0 Å². The number of hydrogen-bond donors (Lipinski definition) is 0. The molecule has 0 aromatic heterocycles. The summed E-state index contributed by atoms with van der Waals surface area (Å²) >= 11 is 0. The molecule has 0 radical (unpaired) electrons. The predicted octanol–water partition coefficient (Wildman–Crippen LogP) is 2.98. The largest absolute Gasteiger partial charge is 0.368 e. The van der Waals surface area contributed by atoms with Gasteiger partial charge in [-0.2, -0.15) is 0 Å². The van der Waals surface area contributed by atoms with Gasteiger partial charge in [-0.3, -0.25) is 9.10 Å². The summed E-state index contributed by atoms with van der Waals surface area (Å²) in [5.74, 6) is 0.0175. The number of sulfonamides is 1. The molecule has 2 aromatic rings. The molecule has 0 N–H and O–H groups in total. The summed E-state index contributed by atoms with van der Waals surface area (Å²) < 4.78 is 25.7. The molecule has 1 atom stereocenters. The monoisotopic (exact) mass is 427 g/mol. The van der Waals surface area contributed by atoms with Crippen molar-refractivity contribution in [2.45, 2.75) is 33.2 Å². The molecule has 2 aromatic carbocycles. The second-order valence-corrected chi connectivity index (χ2v) is 10.3. The lowest BCUT2D eigenvalue weighted by atomic mass is 10.0. The van der Waals surface area contributed by atoms with Crippen LogP contribution in [0.4, 0.5) is 11.4 Å². The molecule has 7 heteroatoms. The summed E-state index contributed by atoms with van der Waals surface area (Å²) in [5.41, 5.74) is 6.07. The van der Waals surface area contributed by atoms with Crippen LogP contribution < -0.4 is 9.21 Å². The predicted molar refractivity (Wildman–Crippen MR) is 121 cm³/mol. The van der Waals surface area contributed by atoms with Crippen LogP contribution in [0.2, 0.25) is 0 Å². The van der Waals surface area contributed by atoms with Crippen molar-refractivity contribution in [2.24, 2.45) is 0 Å². The minimum absolute atomic E-state index is 0.0175. The fraction of sp³-hybridized carbons (Fsp3) is 0.435. The summed E-state index contributed by atoms with van der Waals surface area (Å²) in [4.78, 5) is 17.3. The quantitative estimate of drug-likeness (QED) is 0.756. The second kappa shape index (κ2) is 7.61. The van der Waals surface area contributed by atoms with E-state index in [2.05, 4.69) is 36.9 Å². The molecular formula is C23H29N3O3S. The number of aryl methyl sites for hydroxylation is 1. The third-order valence-corrected chi connectivity index (χ3v) is 7.59. The van der Waals surface area contributed by atoms with Crippen LogP contribution in [0.1, 0.15) is 34.0 Å². The van der Waals surface area contributed by atoms with E-state index in [1.807, 2.05) is 17.9 Å². The Balaban J connectivity index is 1.48. The normalized spacial score (nSPS) is 19.2. The highest BCUT2D eigenvalue weighted by Gasteiger charge is 2.33.